The third kappa shape index (κ3) is 4.19. The van der Waals surface area contributed by atoms with Gasteiger partial charge in [-0.15, -0.1) is 0 Å². The van der Waals surface area contributed by atoms with Crippen molar-refractivity contribution >= 4 is 11.8 Å². The minimum Gasteiger partial charge on any atom is -0.382 e. The second-order valence-electron chi connectivity index (χ2n) is 6.44. The quantitative estimate of drug-likeness (QED) is 0.842. The lowest BCUT2D eigenvalue weighted by molar-refractivity contribution is 0.165. The number of anilines is 1. The van der Waals surface area contributed by atoms with E-state index in [2.05, 4.69) is 20.8 Å². The fourth-order valence-corrected chi connectivity index (χ4v) is 3.43. The molecule has 1 aliphatic rings. The van der Waals surface area contributed by atoms with Crippen LogP contribution in [0.1, 0.15) is 49.9 Å². The number of amides is 2. The maximum Gasteiger partial charge on any atom is 0.321 e. The predicted molar refractivity (Wildman–Crippen MR) is 94.3 cm³/mol. The first-order chi connectivity index (χ1) is 12.2. The Hall–Kier alpha value is -2.35. The molecule has 0 saturated heterocycles. The molecule has 0 unspecified atom stereocenters. The van der Waals surface area contributed by atoms with Crippen LogP contribution in [-0.4, -0.2) is 39.3 Å². The third-order valence-corrected chi connectivity index (χ3v) is 4.69. The molecule has 1 atom stereocenters. The SMILES string of the molecule is COC[C@@H](NC(=O)Nc1ccnn1C1CCCCC1)c1ccnn1C. The Bertz CT molecular complexity index is 689. The van der Waals surface area contributed by atoms with Crippen LogP contribution in [0.5, 0.6) is 0 Å². The third-order valence-electron chi connectivity index (χ3n) is 4.69. The number of nitrogens with zero attached hydrogens (tertiary/aromatic N) is 4. The molecule has 8 nitrogen and oxygen atoms in total. The number of hydrogen-bond donors (Lipinski definition) is 2. The van der Waals surface area contributed by atoms with Gasteiger partial charge in [0.05, 0.1) is 30.6 Å². The molecule has 2 amide bonds. The van der Waals surface area contributed by atoms with Crippen LogP contribution >= 0.6 is 0 Å². The summed E-state index contributed by atoms with van der Waals surface area (Å²) >= 11 is 0. The van der Waals surface area contributed by atoms with Gasteiger partial charge in [-0.25, -0.2) is 9.48 Å². The van der Waals surface area contributed by atoms with Gasteiger partial charge >= 0.3 is 6.03 Å². The number of aromatic nitrogens is 4. The number of urea groups is 1. The molecule has 0 spiro atoms. The fourth-order valence-electron chi connectivity index (χ4n) is 3.43. The molecule has 0 aromatic carbocycles. The molecule has 0 bridgehead atoms. The molecule has 0 radical (unpaired) electrons. The molecule has 1 saturated carbocycles. The molecule has 1 fully saturated rings. The predicted octanol–water partition coefficient (Wildman–Crippen LogP) is 2.63. The van der Waals surface area contributed by atoms with Gasteiger partial charge in [0, 0.05) is 26.4 Å². The fraction of sp³-hybridized carbons (Fsp3) is 0.588. The molecule has 2 aromatic heterocycles. The van der Waals surface area contributed by atoms with Crippen LogP contribution in [0.4, 0.5) is 10.6 Å². The average molecular weight is 346 g/mol. The second-order valence-corrected chi connectivity index (χ2v) is 6.44. The molecule has 2 heterocycles. The summed E-state index contributed by atoms with van der Waals surface area (Å²) in [6, 6.07) is 3.52. The van der Waals surface area contributed by atoms with Gasteiger partial charge in [-0.1, -0.05) is 19.3 Å². The van der Waals surface area contributed by atoms with Gasteiger partial charge in [-0.3, -0.25) is 10.00 Å². The van der Waals surface area contributed by atoms with Crippen LogP contribution in [0.25, 0.3) is 0 Å². The lowest BCUT2D eigenvalue weighted by Gasteiger charge is -2.24. The summed E-state index contributed by atoms with van der Waals surface area (Å²) in [4.78, 5) is 12.5. The largest absolute Gasteiger partial charge is 0.382 e. The maximum absolute atomic E-state index is 12.5. The van der Waals surface area contributed by atoms with Crippen LogP contribution in [-0.2, 0) is 11.8 Å². The van der Waals surface area contributed by atoms with Gasteiger partial charge in [-0.05, 0) is 18.9 Å². The highest BCUT2D eigenvalue weighted by atomic mass is 16.5. The highest BCUT2D eigenvalue weighted by Crippen LogP contribution is 2.29. The molecule has 0 aliphatic heterocycles. The van der Waals surface area contributed by atoms with E-state index in [1.54, 1.807) is 24.2 Å². The molecule has 1 aliphatic carbocycles. The smallest absolute Gasteiger partial charge is 0.321 e. The number of rotatable bonds is 6. The number of hydrogen-bond acceptors (Lipinski definition) is 4. The zero-order valence-corrected chi connectivity index (χ0v) is 14.8. The first kappa shape index (κ1) is 17.5. The van der Waals surface area contributed by atoms with Crippen molar-refractivity contribution in [2.45, 2.75) is 44.2 Å². The van der Waals surface area contributed by atoms with E-state index in [0.717, 1.165) is 24.4 Å². The molecule has 136 valence electrons. The van der Waals surface area contributed by atoms with E-state index < -0.39 is 0 Å². The van der Waals surface area contributed by atoms with E-state index in [1.165, 1.54) is 19.3 Å². The summed E-state index contributed by atoms with van der Waals surface area (Å²) in [6.45, 7) is 0.370. The van der Waals surface area contributed by atoms with Gasteiger partial charge in [0.1, 0.15) is 5.82 Å². The minimum atomic E-state index is -0.277. The standard InChI is InChI=1S/C17H26N6O2/c1-22-15(8-10-18-22)14(12-25-2)20-17(24)21-16-9-11-19-23(16)13-6-4-3-5-7-13/h8-11,13-14H,3-7,12H2,1-2H3,(H2,20,21,24)/t14-/m1/s1. The van der Waals surface area contributed by atoms with E-state index in [0.29, 0.717) is 12.6 Å². The summed E-state index contributed by atoms with van der Waals surface area (Å²) < 4.78 is 8.91. The number of carbonyl (C=O) groups excluding carboxylic acids is 1. The monoisotopic (exact) mass is 346 g/mol. The van der Waals surface area contributed by atoms with Crippen molar-refractivity contribution in [1.29, 1.82) is 0 Å². The Kier molecular flexibility index (Phi) is 5.70. The van der Waals surface area contributed by atoms with Crippen LogP contribution in [0, 0.1) is 0 Å². The van der Waals surface area contributed by atoms with Crippen LogP contribution in [0.15, 0.2) is 24.5 Å². The van der Waals surface area contributed by atoms with E-state index in [1.807, 2.05) is 23.9 Å². The van der Waals surface area contributed by atoms with Crippen LogP contribution < -0.4 is 10.6 Å². The van der Waals surface area contributed by atoms with E-state index in [-0.39, 0.29) is 12.1 Å². The Labute approximate surface area is 147 Å². The van der Waals surface area contributed by atoms with Crippen molar-refractivity contribution in [3.05, 3.63) is 30.2 Å². The first-order valence-electron chi connectivity index (χ1n) is 8.77. The Morgan fingerprint density at radius 1 is 1.28 bits per heavy atom. The van der Waals surface area contributed by atoms with E-state index >= 15 is 0 Å². The highest BCUT2D eigenvalue weighted by molar-refractivity contribution is 5.88. The molecular formula is C17H26N6O2. The number of nitrogens with one attached hydrogen (secondary N) is 2. The van der Waals surface area contributed by atoms with Gasteiger partial charge in [0.2, 0.25) is 0 Å². The summed E-state index contributed by atoms with van der Waals surface area (Å²) in [7, 11) is 3.46. The Balaban J connectivity index is 1.66. The lowest BCUT2D eigenvalue weighted by Crippen LogP contribution is -2.36. The highest BCUT2D eigenvalue weighted by Gasteiger charge is 2.21. The summed E-state index contributed by atoms with van der Waals surface area (Å²) in [6.07, 6.45) is 9.37. The van der Waals surface area contributed by atoms with Crippen molar-refractivity contribution in [3.63, 3.8) is 0 Å². The van der Waals surface area contributed by atoms with E-state index in [9.17, 15) is 4.79 Å². The van der Waals surface area contributed by atoms with E-state index in [4.69, 9.17) is 4.74 Å². The van der Waals surface area contributed by atoms with Gasteiger partial charge in [0.25, 0.3) is 0 Å². The molecule has 2 N–H and O–H groups in total. The number of carbonyl (C=O) groups is 1. The van der Waals surface area contributed by atoms with Crippen molar-refractivity contribution in [1.82, 2.24) is 24.9 Å². The molecular weight excluding hydrogens is 320 g/mol. The minimum absolute atomic E-state index is 0.274. The van der Waals surface area contributed by atoms with Crippen LogP contribution in [0.2, 0.25) is 0 Å². The molecule has 2 aromatic rings. The molecule has 8 heteroatoms. The van der Waals surface area contributed by atoms with Crippen molar-refractivity contribution < 1.29 is 9.53 Å². The van der Waals surface area contributed by atoms with Gasteiger partial charge < -0.3 is 10.1 Å². The van der Waals surface area contributed by atoms with Gasteiger partial charge in [-0.2, -0.15) is 10.2 Å². The summed E-state index contributed by atoms with van der Waals surface area (Å²) in [5.74, 6) is 0.727. The topological polar surface area (TPSA) is 86.0 Å². The van der Waals surface area contributed by atoms with Crippen molar-refractivity contribution in [2.75, 3.05) is 19.0 Å². The summed E-state index contributed by atoms with van der Waals surface area (Å²) in [5.41, 5.74) is 0.887. The Morgan fingerprint density at radius 2 is 2.04 bits per heavy atom. The lowest BCUT2D eigenvalue weighted by atomic mass is 9.96. The Morgan fingerprint density at radius 3 is 2.72 bits per heavy atom. The zero-order valence-electron chi connectivity index (χ0n) is 14.8. The number of ether oxygens (including phenoxy) is 1. The maximum atomic E-state index is 12.5. The van der Waals surface area contributed by atoms with Crippen molar-refractivity contribution in [2.24, 2.45) is 7.05 Å². The normalized spacial score (nSPS) is 16.6. The van der Waals surface area contributed by atoms with Gasteiger partial charge in [0.15, 0.2) is 0 Å². The van der Waals surface area contributed by atoms with Crippen molar-refractivity contribution in [3.8, 4) is 0 Å². The average Bonchev–Trinajstić information content (AvgIpc) is 3.24. The molecule has 3 rings (SSSR count). The number of aryl methyl sites for hydroxylation is 1. The summed E-state index contributed by atoms with van der Waals surface area (Å²) in [5, 5.41) is 14.4. The molecule has 25 heavy (non-hydrogen) atoms. The van der Waals surface area contributed by atoms with Crippen LogP contribution in [0.3, 0.4) is 0 Å². The number of methoxy groups -OCH3 is 1. The first-order valence-corrected chi connectivity index (χ1v) is 8.77. The second kappa shape index (κ2) is 8.15. The zero-order chi connectivity index (χ0) is 17.6.